The normalized spacial score (nSPS) is 10.4. The van der Waals surface area contributed by atoms with Crippen LogP contribution in [0.3, 0.4) is 0 Å². The lowest BCUT2D eigenvalue weighted by Crippen LogP contribution is -2.16. The molecule has 1 N–H and O–H groups in total. The van der Waals surface area contributed by atoms with Gasteiger partial charge in [-0.15, -0.1) is 0 Å². The molecule has 0 saturated heterocycles. The molecule has 0 radical (unpaired) electrons. The average Bonchev–Trinajstić information content (AvgIpc) is 2.57. The number of hydrogen-bond donors (Lipinski definition) is 1. The van der Waals surface area contributed by atoms with Crippen LogP contribution in [-0.2, 0) is 18.3 Å². The highest BCUT2D eigenvalue weighted by atomic mass is 19.1. The SMILES string of the molecule is Cc1cc(NC(=O)Cc2cccc(F)c2)n(C)n1. The van der Waals surface area contributed by atoms with Crippen LogP contribution in [0.5, 0.6) is 0 Å². The van der Waals surface area contributed by atoms with E-state index in [1.165, 1.54) is 12.1 Å². The van der Waals surface area contributed by atoms with E-state index in [1.54, 1.807) is 29.9 Å². The molecule has 0 aliphatic rings. The number of rotatable bonds is 3. The first-order valence-corrected chi connectivity index (χ1v) is 5.59. The second kappa shape index (κ2) is 5.00. The molecule has 4 nitrogen and oxygen atoms in total. The second-order valence-corrected chi connectivity index (χ2v) is 4.15. The van der Waals surface area contributed by atoms with Gasteiger partial charge in [0.15, 0.2) is 0 Å². The van der Waals surface area contributed by atoms with E-state index >= 15 is 0 Å². The molecule has 1 heterocycles. The molecule has 0 spiro atoms. The number of aryl methyl sites for hydroxylation is 2. The highest BCUT2D eigenvalue weighted by Crippen LogP contribution is 2.10. The van der Waals surface area contributed by atoms with Crippen LogP contribution < -0.4 is 5.32 Å². The summed E-state index contributed by atoms with van der Waals surface area (Å²) >= 11 is 0. The van der Waals surface area contributed by atoms with Crippen LogP contribution in [0, 0.1) is 12.7 Å². The largest absolute Gasteiger partial charge is 0.311 e. The van der Waals surface area contributed by atoms with Gasteiger partial charge in [-0.05, 0) is 24.6 Å². The van der Waals surface area contributed by atoms with Crippen LogP contribution in [0.2, 0.25) is 0 Å². The van der Waals surface area contributed by atoms with Gasteiger partial charge in [0.2, 0.25) is 5.91 Å². The number of carbonyl (C=O) groups is 1. The second-order valence-electron chi connectivity index (χ2n) is 4.15. The van der Waals surface area contributed by atoms with Gasteiger partial charge in [-0.1, -0.05) is 12.1 Å². The Bertz CT molecular complexity index is 577. The Hall–Kier alpha value is -2.17. The number of nitrogens with one attached hydrogen (secondary N) is 1. The van der Waals surface area contributed by atoms with E-state index in [2.05, 4.69) is 10.4 Å². The van der Waals surface area contributed by atoms with Gasteiger partial charge in [-0.25, -0.2) is 4.39 Å². The van der Waals surface area contributed by atoms with E-state index < -0.39 is 0 Å². The van der Waals surface area contributed by atoms with Crippen molar-refractivity contribution in [1.82, 2.24) is 9.78 Å². The number of nitrogens with zero attached hydrogens (tertiary/aromatic N) is 2. The Kier molecular flexibility index (Phi) is 3.41. The lowest BCUT2D eigenvalue weighted by molar-refractivity contribution is -0.115. The summed E-state index contributed by atoms with van der Waals surface area (Å²) in [6, 6.07) is 7.80. The molecular weight excluding hydrogens is 233 g/mol. The number of aromatic nitrogens is 2. The number of anilines is 1. The van der Waals surface area contributed by atoms with E-state index in [1.807, 2.05) is 6.92 Å². The first-order chi connectivity index (χ1) is 8.54. The van der Waals surface area contributed by atoms with Crippen molar-refractivity contribution in [2.24, 2.45) is 7.05 Å². The standard InChI is InChI=1S/C13H14FN3O/c1-9-6-12(17(2)16-9)15-13(18)8-10-4-3-5-11(14)7-10/h3-7H,8H2,1-2H3,(H,15,18). The van der Waals surface area contributed by atoms with Crippen molar-refractivity contribution >= 4 is 11.7 Å². The van der Waals surface area contributed by atoms with E-state index in [9.17, 15) is 9.18 Å². The number of hydrogen-bond acceptors (Lipinski definition) is 2. The number of halogens is 1. The molecule has 2 rings (SSSR count). The molecule has 1 aromatic carbocycles. The topological polar surface area (TPSA) is 46.9 Å². The predicted molar refractivity (Wildman–Crippen MR) is 66.7 cm³/mol. The maximum atomic E-state index is 13.0. The molecule has 0 atom stereocenters. The van der Waals surface area contributed by atoms with Crippen molar-refractivity contribution in [3.63, 3.8) is 0 Å². The van der Waals surface area contributed by atoms with Crippen molar-refractivity contribution in [1.29, 1.82) is 0 Å². The Morgan fingerprint density at radius 1 is 1.44 bits per heavy atom. The van der Waals surface area contributed by atoms with Crippen LogP contribution in [0.25, 0.3) is 0 Å². The Morgan fingerprint density at radius 2 is 2.22 bits per heavy atom. The molecule has 18 heavy (non-hydrogen) atoms. The van der Waals surface area contributed by atoms with Gasteiger partial charge >= 0.3 is 0 Å². The van der Waals surface area contributed by atoms with Crippen molar-refractivity contribution in [2.75, 3.05) is 5.32 Å². The Labute approximate surface area is 104 Å². The molecule has 0 unspecified atom stereocenters. The third kappa shape index (κ3) is 2.94. The molecular formula is C13H14FN3O. The van der Waals surface area contributed by atoms with Crippen LogP contribution in [-0.4, -0.2) is 15.7 Å². The molecule has 0 saturated carbocycles. The summed E-state index contributed by atoms with van der Waals surface area (Å²) in [4.78, 5) is 11.8. The van der Waals surface area contributed by atoms with Gasteiger partial charge in [0.25, 0.3) is 0 Å². The van der Waals surface area contributed by atoms with Crippen LogP contribution in [0.15, 0.2) is 30.3 Å². The molecule has 0 bridgehead atoms. The lowest BCUT2D eigenvalue weighted by Gasteiger charge is -2.05. The number of benzene rings is 1. The van der Waals surface area contributed by atoms with Gasteiger partial charge in [0.1, 0.15) is 11.6 Å². The zero-order valence-electron chi connectivity index (χ0n) is 10.3. The van der Waals surface area contributed by atoms with Gasteiger partial charge < -0.3 is 5.32 Å². The maximum Gasteiger partial charge on any atom is 0.229 e. The molecule has 1 amide bonds. The van der Waals surface area contributed by atoms with Gasteiger partial charge in [-0.3, -0.25) is 9.48 Å². The first-order valence-electron chi connectivity index (χ1n) is 5.59. The van der Waals surface area contributed by atoms with Crippen LogP contribution >= 0.6 is 0 Å². The molecule has 94 valence electrons. The summed E-state index contributed by atoms with van der Waals surface area (Å²) in [6.07, 6.45) is 0.141. The predicted octanol–water partition coefficient (Wildman–Crippen LogP) is 2.05. The Morgan fingerprint density at radius 3 is 2.83 bits per heavy atom. The quantitative estimate of drug-likeness (QED) is 0.902. The fourth-order valence-corrected chi connectivity index (χ4v) is 1.75. The number of amides is 1. The van der Waals surface area contributed by atoms with Gasteiger partial charge in [0.05, 0.1) is 12.1 Å². The summed E-state index contributed by atoms with van der Waals surface area (Å²) in [5, 5.41) is 6.87. The zero-order chi connectivity index (χ0) is 13.1. The molecule has 2 aromatic rings. The molecule has 5 heteroatoms. The van der Waals surface area contributed by atoms with Crippen LogP contribution in [0.4, 0.5) is 10.2 Å². The minimum atomic E-state index is -0.336. The monoisotopic (exact) mass is 247 g/mol. The highest BCUT2D eigenvalue weighted by Gasteiger charge is 2.08. The van der Waals surface area contributed by atoms with Crippen LogP contribution in [0.1, 0.15) is 11.3 Å². The fraction of sp³-hybridized carbons (Fsp3) is 0.231. The first kappa shape index (κ1) is 12.3. The van der Waals surface area contributed by atoms with Crippen molar-refractivity contribution in [2.45, 2.75) is 13.3 Å². The summed E-state index contributed by atoms with van der Waals surface area (Å²) in [5.74, 6) is 0.106. The third-order valence-corrected chi connectivity index (χ3v) is 2.52. The molecule has 0 aliphatic carbocycles. The van der Waals surface area contributed by atoms with E-state index in [0.717, 1.165) is 5.69 Å². The maximum absolute atomic E-state index is 13.0. The van der Waals surface area contributed by atoms with E-state index in [4.69, 9.17) is 0 Å². The smallest absolute Gasteiger partial charge is 0.229 e. The number of carbonyl (C=O) groups excluding carboxylic acids is 1. The summed E-state index contributed by atoms with van der Waals surface area (Å²) in [5.41, 5.74) is 1.48. The fourth-order valence-electron chi connectivity index (χ4n) is 1.75. The lowest BCUT2D eigenvalue weighted by atomic mass is 10.1. The Balaban J connectivity index is 2.03. The average molecular weight is 247 g/mol. The molecule has 1 aromatic heterocycles. The minimum absolute atomic E-state index is 0.141. The van der Waals surface area contributed by atoms with Gasteiger partial charge in [-0.2, -0.15) is 5.10 Å². The summed E-state index contributed by atoms with van der Waals surface area (Å²) < 4.78 is 14.6. The third-order valence-electron chi connectivity index (χ3n) is 2.52. The van der Waals surface area contributed by atoms with Crippen molar-refractivity contribution in [3.05, 3.63) is 47.4 Å². The van der Waals surface area contributed by atoms with Crippen molar-refractivity contribution < 1.29 is 9.18 Å². The van der Waals surface area contributed by atoms with Gasteiger partial charge in [0, 0.05) is 13.1 Å². The zero-order valence-corrected chi connectivity index (χ0v) is 10.3. The molecule has 0 aliphatic heterocycles. The summed E-state index contributed by atoms with van der Waals surface area (Å²) in [6.45, 7) is 1.85. The summed E-state index contributed by atoms with van der Waals surface area (Å²) in [7, 11) is 1.75. The van der Waals surface area contributed by atoms with E-state index in [0.29, 0.717) is 11.4 Å². The molecule has 0 fully saturated rings. The van der Waals surface area contributed by atoms with E-state index in [-0.39, 0.29) is 18.1 Å². The highest BCUT2D eigenvalue weighted by molar-refractivity contribution is 5.91. The van der Waals surface area contributed by atoms with Crippen molar-refractivity contribution in [3.8, 4) is 0 Å². The minimum Gasteiger partial charge on any atom is -0.311 e.